The Bertz CT molecular complexity index is 1990. The van der Waals surface area contributed by atoms with Crippen LogP contribution in [0.5, 0.6) is 0 Å². The highest BCUT2D eigenvalue weighted by molar-refractivity contribution is 6.33. The Morgan fingerprint density at radius 3 is 2.26 bits per heavy atom. The molecular weight excluding hydrogens is 521 g/mol. The summed E-state index contributed by atoms with van der Waals surface area (Å²) in [5.41, 5.74) is 19.4. The summed E-state index contributed by atoms with van der Waals surface area (Å²) in [6.07, 6.45) is 21.2. The van der Waals surface area contributed by atoms with E-state index in [2.05, 4.69) is 140 Å². The van der Waals surface area contributed by atoms with E-state index in [4.69, 9.17) is 0 Å². The highest BCUT2D eigenvalue weighted by Crippen LogP contribution is 2.61. The summed E-state index contributed by atoms with van der Waals surface area (Å²) in [5, 5.41) is 1.67. The van der Waals surface area contributed by atoms with Crippen molar-refractivity contribution in [2.24, 2.45) is 5.41 Å². The van der Waals surface area contributed by atoms with Crippen molar-refractivity contribution in [2.75, 3.05) is 0 Å². The normalized spacial score (nSPS) is 19.3. The maximum atomic E-state index is 4.17. The van der Waals surface area contributed by atoms with Crippen LogP contribution in [0, 0.1) is 5.41 Å². The van der Waals surface area contributed by atoms with E-state index < -0.39 is 0 Å². The molecule has 0 bridgehead atoms. The fraction of sp³-hybridized carbons (Fsp3) is 0.0488. The Morgan fingerprint density at radius 2 is 1.40 bits per heavy atom. The molecule has 42 heavy (non-hydrogen) atoms. The van der Waals surface area contributed by atoms with E-state index in [-0.39, 0.29) is 5.41 Å². The van der Waals surface area contributed by atoms with Crippen LogP contribution in [0.3, 0.4) is 0 Å². The first-order chi connectivity index (χ1) is 20.7. The molecule has 0 amide bonds. The molecule has 4 aromatic rings. The van der Waals surface area contributed by atoms with Gasteiger partial charge in [-0.1, -0.05) is 139 Å². The standard InChI is InChI=1S/C29H20.C12H10Si/c1-3-19-11-13-24-21(16-19)18-28-26(24)14-12-22(4-2)29(28)15-7-10-25-23-9-6-5-8-20(23)17-27(25)29;1-2-5-10-9(4-1)8-12-11(10)6-3-7-13-12/h3-18H,1-2H2;1-7,13H,8H2. The maximum absolute atomic E-state index is 4.17. The van der Waals surface area contributed by atoms with Crippen molar-refractivity contribution in [3.05, 3.63) is 189 Å². The van der Waals surface area contributed by atoms with Crippen LogP contribution in [-0.4, -0.2) is 9.12 Å². The second kappa shape index (κ2) is 9.62. The summed E-state index contributed by atoms with van der Waals surface area (Å²) in [4.78, 5) is 0. The van der Waals surface area contributed by atoms with Crippen LogP contribution in [0.4, 0.5) is 0 Å². The van der Waals surface area contributed by atoms with Gasteiger partial charge in [-0.05, 0) is 97.0 Å². The highest BCUT2D eigenvalue weighted by atomic mass is 28.2. The number of benzene rings is 3. The van der Waals surface area contributed by atoms with Crippen molar-refractivity contribution in [1.29, 1.82) is 0 Å². The van der Waals surface area contributed by atoms with Crippen molar-refractivity contribution >= 4 is 38.5 Å². The largest absolute Gasteiger partial charge is 0.0987 e. The van der Waals surface area contributed by atoms with Crippen molar-refractivity contribution in [3.63, 3.8) is 0 Å². The SMILES string of the molecule is C=CC1=CC=C2C(=Cc3cc(C=C)ccc32)C12C=CC=C1C2=Cc2ccccc21.c1ccc2c(c1)Cc1[siH]cccc1-2. The van der Waals surface area contributed by atoms with E-state index in [9.17, 15) is 0 Å². The summed E-state index contributed by atoms with van der Waals surface area (Å²) < 4.78 is 0. The smallest absolute Gasteiger partial charge is 0.0647 e. The lowest BCUT2D eigenvalue weighted by molar-refractivity contribution is 0.716. The van der Waals surface area contributed by atoms with Crippen LogP contribution in [-0.2, 0) is 6.42 Å². The van der Waals surface area contributed by atoms with E-state index in [1.54, 1.807) is 5.17 Å². The lowest BCUT2D eigenvalue weighted by Crippen LogP contribution is -2.28. The molecule has 0 saturated heterocycles. The molecule has 9 rings (SSSR count). The summed E-state index contributed by atoms with van der Waals surface area (Å²) in [7, 11) is 0.421. The minimum atomic E-state index is -0.303. The number of allylic oxidation sites excluding steroid dienone is 11. The van der Waals surface area contributed by atoms with Gasteiger partial charge in [0.2, 0.25) is 0 Å². The molecule has 1 atom stereocenters. The van der Waals surface area contributed by atoms with Gasteiger partial charge in [-0.15, -0.1) is 0 Å². The Labute approximate surface area is 250 Å². The summed E-state index contributed by atoms with van der Waals surface area (Å²) >= 11 is 0. The molecule has 5 aliphatic rings. The molecule has 1 spiro atoms. The molecular formula is C41H30Si. The van der Waals surface area contributed by atoms with Gasteiger partial charge < -0.3 is 0 Å². The lowest BCUT2D eigenvalue weighted by Gasteiger charge is -2.40. The molecule has 0 N–H and O–H groups in total. The summed E-state index contributed by atoms with van der Waals surface area (Å²) in [6, 6.07) is 28.5. The molecule has 0 radical (unpaired) electrons. The molecule has 1 unspecified atom stereocenters. The fourth-order valence-electron chi connectivity index (χ4n) is 7.34. The molecule has 0 aliphatic heterocycles. The third kappa shape index (κ3) is 3.57. The molecule has 0 saturated carbocycles. The average molecular weight is 551 g/mol. The Kier molecular flexibility index (Phi) is 5.70. The maximum Gasteiger partial charge on any atom is 0.0647 e. The Morgan fingerprint density at radius 1 is 0.667 bits per heavy atom. The monoisotopic (exact) mass is 550 g/mol. The van der Waals surface area contributed by atoms with Crippen molar-refractivity contribution in [1.82, 2.24) is 0 Å². The van der Waals surface area contributed by atoms with Crippen molar-refractivity contribution in [2.45, 2.75) is 6.42 Å². The molecule has 3 aromatic carbocycles. The minimum Gasteiger partial charge on any atom is -0.0987 e. The average Bonchev–Trinajstić information content (AvgIpc) is 3.73. The van der Waals surface area contributed by atoms with E-state index in [1.807, 2.05) is 12.2 Å². The zero-order chi connectivity index (χ0) is 28.3. The van der Waals surface area contributed by atoms with Crippen molar-refractivity contribution in [3.8, 4) is 11.1 Å². The first kappa shape index (κ1) is 24.9. The predicted molar refractivity (Wildman–Crippen MR) is 182 cm³/mol. The minimum absolute atomic E-state index is 0.303. The molecule has 1 aromatic heterocycles. The first-order valence-electron chi connectivity index (χ1n) is 14.6. The zero-order valence-corrected chi connectivity index (χ0v) is 24.6. The van der Waals surface area contributed by atoms with Gasteiger partial charge in [0.1, 0.15) is 0 Å². The number of fused-ring (bicyclic) bond motifs is 11. The van der Waals surface area contributed by atoms with Gasteiger partial charge in [-0.2, -0.15) is 0 Å². The van der Waals surface area contributed by atoms with Gasteiger partial charge in [-0.25, -0.2) is 0 Å². The molecule has 0 nitrogen and oxygen atoms in total. The Hall–Kier alpha value is -4.85. The predicted octanol–water partition coefficient (Wildman–Crippen LogP) is 9.60. The molecule has 1 heterocycles. The quantitative estimate of drug-likeness (QED) is 0.192. The van der Waals surface area contributed by atoms with Gasteiger partial charge in [0.15, 0.2) is 0 Å². The summed E-state index contributed by atoms with van der Waals surface area (Å²) in [6.45, 7) is 8.11. The zero-order valence-electron chi connectivity index (χ0n) is 23.5. The van der Waals surface area contributed by atoms with Gasteiger partial charge in [0.05, 0.1) is 5.41 Å². The lowest BCUT2D eigenvalue weighted by atomic mass is 9.61. The van der Waals surface area contributed by atoms with Crippen LogP contribution in [0.1, 0.15) is 38.6 Å². The van der Waals surface area contributed by atoms with Crippen molar-refractivity contribution < 1.29 is 0 Å². The van der Waals surface area contributed by atoms with E-state index in [0.717, 1.165) is 5.56 Å². The molecule has 1 heteroatoms. The highest BCUT2D eigenvalue weighted by Gasteiger charge is 2.47. The second-order valence-corrected chi connectivity index (χ2v) is 12.8. The summed E-state index contributed by atoms with van der Waals surface area (Å²) in [5.74, 6) is 0. The molecule has 5 aliphatic carbocycles. The van der Waals surface area contributed by atoms with E-state index in [0.29, 0.717) is 9.12 Å². The van der Waals surface area contributed by atoms with E-state index >= 15 is 0 Å². The number of hydrogen-bond donors (Lipinski definition) is 0. The van der Waals surface area contributed by atoms with Crippen LogP contribution < -0.4 is 0 Å². The van der Waals surface area contributed by atoms with Crippen LogP contribution in [0.15, 0.2) is 151 Å². The van der Waals surface area contributed by atoms with Gasteiger partial charge in [0, 0.05) is 9.12 Å². The molecule has 198 valence electrons. The Balaban J connectivity index is 0.000000171. The number of rotatable bonds is 2. The van der Waals surface area contributed by atoms with Gasteiger partial charge in [-0.3, -0.25) is 0 Å². The van der Waals surface area contributed by atoms with E-state index in [1.165, 1.54) is 73.2 Å². The first-order valence-corrected chi connectivity index (χ1v) is 15.9. The van der Waals surface area contributed by atoms with Gasteiger partial charge >= 0.3 is 0 Å². The fourth-order valence-corrected chi connectivity index (χ4v) is 8.57. The number of hydrogen-bond acceptors (Lipinski definition) is 0. The van der Waals surface area contributed by atoms with Crippen LogP contribution >= 0.6 is 0 Å². The topological polar surface area (TPSA) is 0 Å². The van der Waals surface area contributed by atoms with Crippen LogP contribution in [0.25, 0.3) is 40.5 Å². The molecule has 0 fully saturated rings. The van der Waals surface area contributed by atoms with Crippen LogP contribution in [0.2, 0.25) is 0 Å². The second-order valence-electron chi connectivity index (χ2n) is 11.4. The van der Waals surface area contributed by atoms with Gasteiger partial charge in [0.25, 0.3) is 0 Å². The third-order valence-corrected chi connectivity index (χ3v) is 10.6. The third-order valence-electron chi connectivity index (χ3n) is 9.30.